The lowest BCUT2D eigenvalue weighted by atomic mass is 9.97. The number of benzene rings is 1. The number of hydrogen-bond acceptors (Lipinski definition) is 0. The van der Waals surface area contributed by atoms with Crippen LogP contribution in [0.25, 0.3) is 0 Å². The molecule has 0 heteroatoms. The standard InChI is InChI=1S/C11H16/c1-4-10(3)11-7-5-6-9(2)8-11/h5-8,10H,4H2,1-3H3. The van der Waals surface area contributed by atoms with E-state index in [9.17, 15) is 0 Å². The minimum Gasteiger partial charge on any atom is -0.0648 e. The third-order valence-electron chi connectivity index (χ3n) is 2.22. The molecule has 0 nitrogen and oxygen atoms in total. The monoisotopic (exact) mass is 148 g/mol. The maximum absolute atomic E-state index is 2.27. The largest absolute Gasteiger partial charge is 0.0648 e. The highest BCUT2D eigenvalue weighted by molar-refractivity contribution is 5.24. The predicted octanol–water partition coefficient (Wildman–Crippen LogP) is 3.51. The summed E-state index contributed by atoms with van der Waals surface area (Å²) < 4.78 is 0. The van der Waals surface area contributed by atoms with Gasteiger partial charge in [-0.15, -0.1) is 0 Å². The fourth-order valence-electron chi connectivity index (χ4n) is 1.21. The van der Waals surface area contributed by atoms with Crippen LogP contribution in [0, 0.1) is 6.92 Å². The Balaban J connectivity index is 2.86. The quantitative estimate of drug-likeness (QED) is 0.602. The van der Waals surface area contributed by atoms with Crippen LogP contribution in [-0.4, -0.2) is 0 Å². The average Bonchev–Trinajstić information content (AvgIpc) is 2.03. The second-order valence-corrected chi connectivity index (χ2v) is 3.22. The highest BCUT2D eigenvalue weighted by Crippen LogP contribution is 2.18. The van der Waals surface area contributed by atoms with Gasteiger partial charge in [-0.05, 0) is 24.8 Å². The third-order valence-corrected chi connectivity index (χ3v) is 2.22. The Morgan fingerprint density at radius 2 is 2.09 bits per heavy atom. The normalized spacial score (nSPS) is 13.0. The van der Waals surface area contributed by atoms with Crippen molar-refractivity contribution in [1.29, 1.82) is 0 Å². The van der Waals surface area contributed by atoms with Gasteiger partial charge in [0.2, 0.25) is 0 Å². The molecular weight excluding hydrogens is 132 g/mol. The van der Waals surface area contributed by atoms with Gasteiger partial charge in [-0.2, -0.15) is 0 Å². The van der Waals surface area contributed by atoms with E-state index in [1.54, 1.807) is 0 Å². The van der Waals surface area contributed by atoms with Crippen LogP contribution in [0.2, 0.25) is 0 Å². The molecule has 0 N–H and O–H groups in total. The van der Waals surface area contributed by atoms with E-state index >= 15 is 0 Å². The molecule has 60 valence electrons. The first-order chi connectivity index (χ1) is 5.24. The van der Waals surface area contributed by atoms with Gasteiger partial charge in [-0.1, -0.05) is 43.7 Å². The minimum atomic E-state index is 0.704. The summed E-state index contributed by atoms with van der Waals surface area (Å²) in [7, 11) is 0. The SMILES string of the molecule is CCC(C)c1cccc(C)c1. The summed E-state index contributed by atoms with van der Waals surface area (Å²) >= 11 is 0. The van der Waals surface area contributed by atoms with Crippen molar-refractivity contribution in [3.05, 3.63) is 35.4 Å². The average molecular weight is 148 g/mol. The lowest BCUT2D eigenvalue weighted by molar-refractivity contribution is 0.733. The Hall–Kier alpha value is -0.780. The molecule has 0 fully saturated rings. The predicted molar refractivity (Wildman–Crippen MR) is 49.9 cm³/mol. The van der Waals surface area contributed by atoms with Gasteiger partial charge >= 0.3 is 0 Å². The smallest absolute Gasteiger partial charge is 0.0193 e. The second-order valence-electron chi connectivity index (χ2n) is 3.22. The van der Waals surface area contributed by atoms with Crippen LogP contribution >= 0.6 is 0 Å². The van der Waals surface area contributed by atoms with E-state index in [1.165, 1.54) is 17.5 Å². The van der Waals surface area contributed by atoms with Crippen molar-refractivity contribution < 1.29 is 0 Å². The molecule has 0 aromatic heterocycles. The van der Waals surface area contributed by atoms with E-state index in [0.717, 1.165) is 0 Å². The first-order valence-electron chi connectivity index (χ1n) is 4.30. The van der Waals surface area contributed by atoms with Crippen LogP contribution in [0.1, 0.15) is 37.3 Å². The van der Waals surface area contributed by atoms with E-state index in [2.05, 4.69) is 45.0 Å². The summed E-state index contributed by atoms with van der Waals surface area (Å²) in [6.07, 6.45) is 1.23. The van der Waals surface area contributed by atoms with Gasteiger partial charge in [0.15, 0.2) is 0 Å². The second kappa shape index (κ2) is 3.56. The summed E-state index contributed by atoms with van der Waals surface area (Å²) in [5, 5.41) is 0. The van der Waals surface area contributed by atoms with Crippen molar-refractivity contribution in [3.63, 3.8) is 0 Å². The number of rotatable bonds is 2. The van der Waals surface area contributed by atoms with Crippen LogP contribution in [-0.2, 0) is 0 Å². The first-order valence-corrected chi connectivity index (χ1v) is 4.30. The fourth-order valence-corrected chi connectivity index (χ4v) is 1.21. The Morgan fingerprint density at radius 3 is 2.64 bits per heavy atom. The van der Waals surface area contributed by atoms with Crippen molar-refractivity contribution in [2.45, 2.75) is 33.1 Å². The molecule has 1 aromatic rings. The molecule has 0 aliphatic heterocycles. The lowest BCUT2D eigenvalue weighted by Crippen LogP contribution is -1.90. The summed E-state index contributed by atoms with van der Waals surface area (Å²) in [5.41, 5.74) is 2.83. The van der Waals surface area contributed by atoms with Gasteiger partial charge in [0.25, 0.3) is 0 Å². The zero-order valence-corrected chi connectivity index (χ0v) is 7.59. The summed E-state index contributed by atoms with van der Waals surface area (Å²) in [6, 6.07) is 8.76. The topological polar surface area (TPSA) is 0 Å². The van der Waals surface area contributed by atoms with Crippen molar-refractivity contribution >= 4 is 0 Å². The Kier molecular flexibility index (Phi) is 2.70. The van der Waals surface area contributed by atoms with Crippen LogP contribution in [0.4, 0.5) is 0 Å². The van der Waals surface area contributed by atoms with Crippen molar-refractivity contribution in [2.24, 2.45) is 0 Å². The van der Waals surface area contributed by atoms with Gasteiger partial charge in [0, 0.05) is 0 Å². The van der Waals surface area contributed by atoms with Crippen molar-refractivity contribution in [2.75, 3.05) is 0 Å². The third kappa shape index (κ3) is 2.07. The van der Waals surface area contributed by atoms with Crippen LogP contribution < -0.4 is 0 Å². The molecule has 1 rings (SSSR count). The van der Waals surface area contributed by atoms with Crippen LogP contribution in [0.3, 0.4) is 0 Å². The van der Waals surface area contributed by atoms with Gasteiger partial charge < -0.3 is 0 Å². The number of hydrogen-bond donors (Lipinski definition) is 0. The molecular formula is C11H16. The zero-order chi connectivity index (χ0) is 8.27. The van der Waals surface area contributed by atoms with Crippen LogP contribution in [0.5, 0.6) is 0 Å². The summed E-state index contributed by atoms with van der Waals surface area (Å²) in [6.45, 7) is 6.65. The zero-order valence-electron chi connectivity index (χ0n) is 7.59. The maximum atomic E-state index is 2.27. The van der Waals surface area contributed by atoms with Gasteiger partial charge in [-0.25, -0.2) is 0 Å². The van der Waals surface area contributed by atoms with E-state index in [0.29, 0.717) is 5.92 Å². The van der Waals surface area contributed by atoms with Crippen molar-refractivity contribution in [1.82, 2.24) is 0 Å². The molecule has 0 saturated carbocycles. The van der Waals surface area contributed by atoms with E-state index in [1.807, 2.05) is 0 Å². The molecule has 0 aliphatic rings. The fraction of sp³-hybridized carbons (Fsp3) is 0.455. The maximum Gasteiger partial charge on any atom is -0.0193 e. The molecule has 0 bridgehead atoms. The Bertz CT molecular complexity index is 225. The minimum absolute atomic E-state index is 0.704. The molecule has 1 aromatic carbocycles. The molecule has 0 spiro atoms. The summed E-state index contributed by atoms with van der Waals surface area (Å²) in [4.78, 5) is 0. The van der Waals surface area contributed by atoms with Gasteiger partial charge in [0.1, 0.15) is 0 Å². The lowest BCUT2D eigenvalue weighted by Gasteiger charge is -2.08. The summed E-state index contributed by atoms with van der Waals surface area (Å²) in [5.74, 6) is 0.704. The van der Waals surface area contributed by atoms with Crippen molar-refractivity contribution in [3.8, 4) is 0 Å². The molecule has 1 atom stereocenters. The van der Waals surface area contributed by atoms with Crippen LogP contribution in [0.15, 0.2) is 24.3 Å². The molecule has 0 aliphatic carbocycles. The van der Waals surface area contributed by atoms with Gasteiger partial charge in [0.05, 0.1) is 0 Å². The van der Waals surface area contributed by atoms with E-state index < -0.39 is 0 Å². The van der Waals surface area contributed by atoms with Gasteiger partial charge in [-0.3, -0.25) is 0 Å². The molecule has 0 radical (unpaired) electrons. The van der Waals surface area contributed by atoms with E-state index in [-0.39, 0.29) is 0 Å². The molecule has 0 heterocycles. The molecule has 0 saturated heterocycles. The highest BCUT2D eigenvalue weighted by Gasteiger charge is 2.00. The molecule has 11 heavy (non-hydrogen) atoms. The molecule has 1 unspecified atom stereocenters. The number of aryl methyl sites for hydroxylation is 1. The Morgan fingerprint density at radius 1 is 1.36 bits per heavy atom. The Labute approximate surface area is 69.3 Å². The van der Waals surface area contributed by atoms with E-state index in [4.69, 9.17) is 0 Å². The molecule has 0 amide bonds. The highest BCUT2D eigenvalue weighted by atomic mass is 14.1. The first kappa shape index (κ1) is 8.32.